The Bertz CT molecular complexity index is 683. The molecule has 4 rings (SSSR count). The predicted octanol–water partition coefficient (Wildman–Crippen LogP) is 3.28. The Labute approximate surface area is 199 Å². The molecule has 2 heterocycles. The van der Waals surface area contributed by atoms with Crippen molar-refractivity contribution in [3.05, 3.63) is 24.3 Å². The molecule has 7 heteroatoms. The van der Waals surface area contributed by atoms with Gasteiger partial charge in [0.15, 0.2) is 5.96 Å². The van der Waals surface area contributed by atoms with Crippen LogP contribution in [-0.4, -0.2) is 82.3 Å². The summed E-state index contributed by atoms with van der Waals surface area (Å²) >= 11 is 0. The fourth-order valence-corrected chi connectivity index (χ4v) is 5.06. The van der Waals surface area contributed by atoms with Crippen LogP contribution in [-0.2, 0) is 0 Å². The fraction of sp³-hybridized carbons (Fsp3) is 0.696. The van der Waals surface area contributed by atoms with Crippen molar-refractivity contribution in [1.82, 2.24) is 15.1 Å². The first-order valence-corrected chi connectivity index (χ1v) is 11.3. The highest BCUT2D eigenvalue weighted by Gasteiger charge is 2.43. The molecule has 1 aromatic carbocycles. The van der Waals surface area contributed by atoms with Gasteiger partial charge in [-0.1, -0.05) is 6.42 Å². The molecular formula is C23H38IN5O. The van der Waals surface area contributed by atoms with E-state index in [0.717, 1.165) is 51.0 Å². The lowest BCUT2D eigenvalue weighted by Crippen LogP contribution is -2.47. The third-order valence-electron chi connectivity index (χ3n) is 7.11. The highest BCUT2D eigenvalue weighted by atomic mass is 127. The van der Waals surface area contributed by atoms with E-state index in [9.17, 15) is 0 Å². The van der Waals surface area contributed by atoms with Gasteiger partial charge in [-0.25, -0.2) is 0 Å². The summed E-state index contributed by atoms with van der Waals surface area (Å²) in [7, 11) is 3.64. The van der Waals surface area contributed by atoms with Crippen LogP contribution >= 0.6 is 24.0 Å². The number of rotatable bonds is 6. The molecule has 0 amide bonds. The SMILES string of the molecule is CN=C(NCCCN1CCN(c2ccc(OC)cc2)CC1)N1CCC2(CCC2)C1.I. The van der Waals surface area contributed by atoms with Crippen molar-refractivity contribution in [1.29, 1.82) is 0 Å². The summed E-state index contributed by atoms with van der Waals surface area (Å²) < 4.78 is 5.26. The number of halogens is 1. The molecule has 3 fully saturated rings. The second-order valence-corrected chi connectivity index (χ2v) is 8.88. The van der Waals surface area contributed by atoms with Crippen LogP contribution in [0.4, 0.5) is 5.69 Å². The van der Waals surface area contributed by atoms with Crippen LogP contribution in [0.15, 0.2) is 29.3 Å². The third-order valence-corrected chi connectivity index (χ3v) is 7.11. The molecule has 2 aliphatic heterocycles. The average molecular weight is 527 g/mol. The zero-order chi connectivity index (χ0) is 20.1. The Morgan fingerprint density at radius 3 is 2.37 bits per heavy atom. The molecule has 0 unspecified atom stereocenters. The van der Waals surface area contributed by atoms with Crippen LogP contribution in [0.2, 0.25) is 0 Å². The number of nitrogens with one attached hydrogen (secondary N) is 1. The standard InChI is InChI=1S/C23H37N5O.HI/c1-24-22(28-14-11-23(19-28)9-3-10-23)25-12-4-13-26-15-17-27(18-16-26)20-5-7-21(29-2)8-6-20;/h5-8H,3-4,9-19H2,1-2H3,(H,24,25);1H. The van der Waals surface area contributed by atoms with Gasteiger partial charge in [0.25, 0.3) is 0 Å². The van der Waals surface area contributed by atoms with Crippen LogP contribution < -0.4 is 15.0 Å². The second kappa shape index (κ2) is 10.9. The van der Waals surface area contributed by atoms with Gasteiger partial charge in [-0.05, 0) is 61.9 Å². The quantitative estimate of drug-likeness (QED) is 0.266. The molecule has 1 saturated carbocycles. The van der Waals surface area contributed by atoms with E-state index in [1.807, 2.05) is 19.2 Å². The summed E-state index contributed by atoms with van der Waals surface area (Å²) in [5.74, 6) is 2.03. The molecule has 1 spiro atoms. The summed E-state index contributed by atoms with van der Waals surface area (Å²) in [6, 6.07) is 8.42. The molecule has 6 nitrogen and oxygen atoms in total. The van der Waals surface area contributed by atoms with Gasteiger partial charge in [0.2, 0.25) is 0 Å². The molecule has 0 aromatic heterocycles. The number of anilines is 1. The maximum Gasteiger partial charge on any atom is 0.193 e. The van der Waals surface area contributed by atoms with Crippen LogP contribution in [0.1, 0.15) is 32.1 Å². The number of guanidine groups is 1. The zero-order valence-corrected chi connectivity index (χ0v) is 20.9. The zero-order valence-electron chi connectivity index (χ0n) is 18.6. The maximum absolute atomic E-state index is 5.26. The highest BCUT2D eigenvalue weighted by molar-refractivity contribution is 14.0. The van der Waals surface area contributed by atoms with E-state index < -0.39 is 0 Å². The minimum atomic E-state index is 0. The molecule has 0 radical (unpaired) electrons. The van der Waals surface area contributed by atoms with E-state index in [4.69, 9.17) is 4.74 Å². The van der Waals surface area contributed by atoms with Gasteiger partial charge >= 0.3 is 0 Å². The number of likely N-dealkylation sites (tertiary alicyclic amines) is 1. The molecule has 30 heavy (non-hydrogen) atoms. The minimum absolute atomic E-state index is 0. The second-order valence-electron chi connectivity index (χ2n) is 8.88. The van der Waals surface area contributed by atoms with Gasteiger partial charge < -0.3 is 19.9 Å². The van der Waals surface area contributed by atoms with Gasteiger partial charge in [-0.2, -0.15) is 0 Å². The first kappa shape index (κ1) is 23.4. The van der Waals surface area contributed by atoms with E-state index in [0.29, 0.717) is 5.41 Å². The Hall–Kier alpha value is -1.22. The van der Waals surface area contributed by atoms with E-state index >= 15 is 0 Å². The predicted molar refractivity (Wildman–Crippen MR) is 136 cm³/mol. The molecule has 2 saturated heterocycles. The lowest BCUT2D eigenvalue weighted by atomic mass is 9.68. The van der Waals surface area contributed by atoms with Crippen LogP contribution in [0.25, 0.3) is 0 Å². The van der Waals surface area contributed by atoms with Crippen molar-refractivity contribution in [2.75, 3.05) is 71.4 Å². The summed E-state index contributed by atoms with van der Waals surface area (Å²) in [6.45, 7) is 9.01. The van der Waals surface area contributed by atoms with Crippen molar-refractivity contribution >= 4 is 35.6 Å². The monoisotopic (exact) mass is 527 g/mol. The summed E-state index contributed by atoms with van der Waals surface area (Å²) in [4.78, 5) is 12.1. The van der Waals surface area contributed by atoms with E-state index in [-0.39, 0.29) is 24.0 Å². The maximum atomic E-state index is 5.26. The molecular weight excluding hydrogens is 489 g/mol. The van der Waals surface area contributed by atoms with E-state index in [1.165, 1.54) is 50.9 Å². The number of hydrogen-bond acceptors (Lipinski definition) is 4. The Balaban J connectivity index is 0.00000256. The van der Waals surface area contributed by atoms with Crippen molar-refractivity contribution < 1.29 is 4.74 Å². The summed E-state index contributed by atoms with van der Waals surface area (Å²) in [6.07, 6.45) is 6.78. The first-order chi connectivity index (χ1) is 14.2. The van der Waals surface area contributed by atoms with Gasteiger partial charge in [0.1, 0.15) is 5.75 Å². The Kier molecular flexibility index (Phi) is 8.51. The summed E-state index contributed by atoms with van der Waals surface area (Å²) in [5, 5.41) is 3.61. The Morgan fingerprint density at radius 1 is 1.07 bits per heavy atom. The van der Waals surface area contributed by atoms with Gasteiger partial charge in [-0.3, -0.25) is 9.89 Å². The number of ether oxygens (including phenoxy) is 1. The number of benzene rings is 1. The first-order valence-electron chi connectivity index (χ1n) is 11.3. The molecule has 0 bridgehead atoms. The lowest BCUT2D eigenvalue weighted by molar-refractivity contribution is 0.151. The van der Waals surface area contributed by atoms with Crippen LogP contribution in [0.3, 0.4) is 0 Å². The number of hydrogen-bond donors (Lipinski definition) is 1. The number of methoxy groups -OCH3 is 1. The molecule has 1 N–H and O–H groups in total. The van der Waals surface area contributed by atoms with Gasteiger partial charge in [-0.15, -0.1) is 24.0 Å². The lowest BCUT2D eigenvalue weighted by Gasteiger charge is -2.38. The van der Waals surface area contributed by atoms with Crippen molar-refractivity contribution in [2.45, 2.75) is 32.1 Å². The van der Waals surface area contributed by atoms with Crippen molar-refractivity contribution in [3.8, 4) is 5.75 Å². The average Bonchev–Trinajstić information content (AvgIpc) is 3.21. The third kappa shape index (κ3) is 5.52. The normalized spacial score (nSPS) is 21.3. The molecule has 0 atom stereocenters. The molecule has 1 aliphatic carbocycles. The van der Waals surface area contributed by atoms with Crippen molar-refractivity contribution in [3.63, 3.8) is 0 Å². The highest BCUT2D eigenvalue weighted by Crippen LogP contribution is 2.47. The van der Waals surface area contributed by atoms with Gasteiger partial charge in [0, 0.05) is 58.5 Å². The summed E-state index contributed by atoms with van der Waals surface area (Å²) in [5.41, 5.74) is 1.92. The van der Waals surface area contributed by atoms with Crippen LogP contribution in [0, 0.1) is 5.41 Å². The molecule has 1 aromatic rings. The Morgan fingerprint density at radius 2 is 1.80 bits per heavy atom. The number of nitrogens with zero attached hydrogens (tertiary/aromatic N) is 4. The van der Waals surface area contributed by atoms with Gasteiger partial charge in [0.05, 0.1) is 7.11 Å². The largest absolute Gasteiger partial charge is 0.497 e. The van der Waals surface area contributed by atoms with Crippen molar-refractivity contribution in [2.24, 2.45) is 10.4 Å². The van der Waals surface area contributed by atoms with E-state index in [2.05, 4.69) is 37.1 Å². The topological polar surface area (TPSA) is 43.3 Å². The molecule has 3 aliphatic rings. The molecule has 168 valence electrons. The smallest absolute Gasteiger partial charge is 0.193 e. The van der Waals surface area contributed by atoms with Crippen LogP contribution in [0.5, 0.6) is 5.75 Å². The fourth-order valence-electron chi connectivity index (χ4n) is 5.06. The number of aliphatic imine (C=N–C) groups is 1. The number of piperazine rings is 1. The van der Waals surface area contributed by atoms with E-state index in [1.54, 1.807) is 7.11 Å². The minimum Gasteiger partial charge on any atom is -0.497 e.